The maximum atomic E-state index is 8.59. The Hall–Kier alpha value is -1.63. The normalized spacial score (nSPS) is 16.5. The average Bonchev–Trinajstić information content (AvgIpc) is 3.11. The van der Waals surface area contributed by atoms with E-state index in [-0.39, 0.29) is 0 Å². The summed E-state index contributed by atoms with van der Waals surface area (Å²) in [6.07, 6.45) is 5.29. The minimum atomic E-state index is 0.358. The molecule has 0 spiro atoms. The van der Waals surface area contributed by atoms with Crippen LogP contribution in [-0.2, 0) is 0 Å². The molecule has 1 aliphatic rings. The molecule has 0 radical (unpaired) electrons. The first-order chi connectivity index (χ1) is 7.78. The fraction of sp³-hybridized carbons (Fsp3) is 0.583. The van der Waals surface area contributed by atoms with Crippen LogP contribution in [0.25, 0.3) is 0 Å². The van der Waals surface area contributed by atoms with Crippen LogP contribution in [0.5, 0.6) is 0 Å². The van der Waals surface area contributed by atoms with Crippen molar-refractivity contribution >= 4 is 5.82 Å². The van der Waals surface area contributed by atoms with E-state index in [1.54, 1.807) is 12.1 Å². The smallest absolute Gasteiger partial charge is 0.163 e. The molecule has 1 aromatic heterocycles. The van der Waals surface area contributed by atoms with Gasteiger partial charge in [0.2, 0.25) is 0 Å². The summed E-state index contributed by atoms with van der Waals surface area (Å²) in [4.78, 5) is 0. The molecule has 1 fully saturated rings. The molecule has 1 heterocycles. The van der Waals surface area contributed by atoms with Crippen molar-refractivity contribution in [1.29, 1.82) is 5.26 Å². The second-order valence-corrected chi connectivity index (χ2v) is 4.48. The third-order valence-electron chi connectivity index (χ3n) is 2.88. The second kappa shape index (κ2) is 4.93. The molecule has 4 heteroatoms. The van der Waals surface area contributed by atoms with E-state index in [1.165, 1.54) is 25.7 Å². The van der Waals surface area contributed by atoms with Gasteiger partial charge in [0.05, 0.1) is 0 Å². The van der Waals surface area contributed by atoms with Gasteiger partial charge in [-0.05, 0) is 37.8 Å². The lowest BCUT2D eigenvalue weighted by Gasteiger charge is -2.13. The minimum absolute atomic E-state index is 0.358. The summed E-state index contributed by atoms with van der Waals surface area (Å²) in [6, 6.07) is 5.86. The molecule has 84 valence electrons. The monoisotopic (exact) mass is 216 g/mol. The van der Waals surface area contributed by atoms with Crippen molar-refractivity contribution in [2.75, 3.05) is 5.32 Å². The van der Waals surface area contributed by atoms with E-state index in [2.05, 4.69) is 22.4 Å². The number of anilines is 1. The molecule has 1 unspecified atom stereocenters. The zero-order valence-electron chi connectivity index (χ0n) is 9.48. The van der Waals surface area contributed by atoms with Gasteiger partial charge < -0.3 is 5.32 Å². The van der Waals surface area contributed by atoms with Crippen molar-refractivity contribution in [2.45, 2.75) is 38.6 Å². The van der Waals surface area contributed by atoms with Crippen molar-refractivity contribution < 1.29 is 0 Å². The Balaban J connectivity index is 1.80. The average molecular weight is 216 g/mol. The minimum Gasteiger partial charge on any atom is -0.366 e. The molecular weight excluding hydrogens is 200 g/mol. The molecule has 1 saturated carbocycles. The highest BCUT2D eigenvalue weighted by molar-refractivity contribution is 5.36. The van der Waals surface area contributed by atoms with E-state index in [1.807, 2.05) is 6.07 Å². The van der Waals surface area contributed by atoms with Gasteiger partial charge in [0.1, 0.15) is 11.9 Å². The summed E-state index contributed by atoms with van der Waals surface area (Å²) < 4.78 is 0. The number of aromatic nitrogens is 2. The van der Waals surface area contributed by atoms with E-state index in [0.29, 0.717) is 11.7 Å². The molecule has 4 nitrogen and oxygen atoms in total. The molecular formula is C12H16N4. The van der Waals surface area contributed by atoms with Crippen molar-refractivity contribution in [3.63, 3.8) is 0 Å². The number of rotatable bonds is 5. The Morgan fingerprint density at radius 1 is 1.50 bits per heavy atom. The summed E-state index contributed by atoms with van der Waals surface area (Å²) in [5, 5.41) is 19.6. The quantitative estimate of drug-likeness (QED) is 0.820. The van der Waals surface area contributed by atoms with Gasteiger partial charge >= 0.3 is 0 Å². The van der Waals surface area contributed by atoms with Crippen molar-refractivity contribution in [2.24, 2.45) is 5.92 Å². The van der Waals surface area contributed by atoms with Gasteiger partial charge in [0, 0.05) is 6.04 Å². The summed E-state index contributed by atoms with van der Waals surface area (Å²) in [7, 11) is 0. The van der Waals surface area contributed by atoms with E-state index in [4.69, 9.17) is 5.26 Å². The highest BCUT2D eigenvalue weighted by atomic mass is 15.2. The zero-order valence-corrected chi connectivity index (χ0v) is 9.48. The molecule has 0 saturated heterocycles. The van der Waals surface area contributed by atoms with E-state index < -0.39 is 0 Å². The Morgan fingerprint density at radius 2 is 2.31 bits per heavy atom. The first kappa shape index (κ1) is 10.9. The molecule has 0 aromatic carbocycles. The zero-order chi connectivity index (χ0) is 11.4. The second-order valence-electron chi connectivity index (χ2n) is 4.48. The third-order valence-corrected chi connectivity index (χ3v) is 2.88. The van der Waals surface area contributed by atoms with Crippen LogP contribution in [0.15, 0.2) is 12.1 Å². The van der Waals surface area contributed by atoms with Crippen molar-refractivity contribution in [3.8, 4) is 6.07 Å². The molecule has 2 rings (SSSR count). The van der Waals surface area contributed by atoms with Crippen LogP contribution in [-0.4, -0.2) is 16.2 Å². The molecule has 0 bridgehead atoms. The highest BCUT2D eigenvalue weighted by Gasteiger charge is 2.21. The summed E-state index contributed by atoms with van der Waals surface area (Å²) in [6.45, 7) is 2.16. The van der Waals surface area contributed by atoms with Crippen molar-refractivity contribution in [3.05, 3.63) is 17.8 Å². The molecule has 0 aliphatic heterocycles. The fourth-order valence-electron chi connectivity index (χ4n) is 1.69. The number of nitrogens with zero attached hydrogens (tertiary/aromatic N) is 3. The van der Waals surface area contributed by atoms with Gasteiger partial charge in [-0.25, -0.2) is 0 Å². The largest absolute Gasteiger partial charge is 0.366 e. The molecule has 0 amide bonds. The SMILES string of the molecule is CC(CCC1CC1)Nc1ccc(C#N)nn1. The Kier molecular flexibility index (Phi) is 3.35. The molecule has 1 atom stereocenters. The highest BCUT2D eigenvalue weighted by Crippen LogP contribution is 2.34. The van der Waals surface area contributed by atoms with Crippen LogP contribution in [0.2, 0.25) is 0 Å². The maximum Gasteiger partial charge on any atom is 0.163 e. The number of nitrogens with one attached hydrogen (secondary N) is 1. The summed E-state index contributed by atoms with van der Waals surface area (Å²) in [5.74, 6) is 1.72. The molecule has 16 heavy (non-hydrogen) atoms. The first-order valence-electron chi connectivity index (χ1n) is 5.78. The molecule has 1 aromatic rings. The molecule has 1 aliphatic carbocycles. The standard InChI is InChI=1S/C12H16N4/c1-9(2-3-10-4-5-10)14-12-7-6-11(8-13)15-16-12/h6-7,9-10H,2-5H2,1H3,(H,14,16). The van der Waals surface area contributed by atoms with Crippen LogP contribution in [0.3, 0.4) is 0 Å². The van der Waals surface area contributed by atoms with E-state index in [9.17, 15) is 0 Å². The Bertz CT molecular complexity index is 375. The van der Waals surface area contributed by atoms with Gasteiger partial charge in [0.15, 0.2) is 5.69 Å². The van der Waals surface area contributed by atoms with E-state index in [0.717, 1.165) is 11.7 Å². The first-order valence-corrected chi connectivity index (χ1v) is 5.78. The van der Waals surface area contributed by atoms with Crippen LogP contribution < -0.4 is 5.32 Å². The van der Waals surface area contributed by atoms with Gasteiger partial charge in [-0.3, -0.25) is 0 Å². The van der Waals surface area contributed by atoms with Gasteiger partial charge in [-0.15, -0.1) is 10.2 Å². The molecule has 1 N–H and O–H groups in total. The summed E-state index contributed by atoms with van der Waals surface area (Å²) in [5.41, 5.74) is 0.358. The number of hydrogen-bond donors (Lipinski definition) is 1. The predicted molar refractivity (Wildman–Crippen MR) is 61.8 cm³/mol. The predicted octanol–water partition coefficient (Wildman–Crippen LogP) is 2.34. The van der Waals surface area contributed by atoms with Crippen LogP contribution in [0, 0.1) is 17.2 Å². The number of nitriles is 1. The lowest BCUT2D eigenvalue weighted by atomic mass is 10.1. The lowest BCUT2D eigenvalue weighted by molar-refractivity contribution is 0.608. The van der Waals surface area contributed by atoms with Gasteiger partial charge in [0.25, 0.3) is 0 Å². The fourth-order valence-corrected chi connectivity index (χ4v) is 1.69. The summed E-state index contributed by atoms with van der Waals surface area (Å²) >= 11 is 0. The van der Waals surface area contributed by atoms with Crippen LogP contribution in [0.1, 0.15) is 38.3 Å². The third kappa shape index (κ3) is 3.20. The maximum absolute atomic E-state index is 8.59. The lowest BCUT2D eigenvalue weighted by Crippen LogP contribution is -2.16. The van der Waals surface area contributed by atoms with Crippen molar-refractivity contribution in [1.82, 2.24) is 10.2 Å². The van der Waals surface area contributed by atoms with Gasteiger partial charge in [-0.2, -0.15) is 5.26 Å². The van der Waals surface area contributed by atoms with Crippen LogP contribution in [0.4, 0.5) is 5.82 Å². The van der Waals surface area contributed by atoms with E-state index >= 15 is 0 Å². The topological polar surface area (TPSA) is 61.6 Å². The Morgan fingerprint density at radius 3 is 2.88 bits per heavy atom. The number of hydrogen-bond acceptors (Lipinski definition) is 4. The van der Waals surface area contributed by atoms with Gasteiger partial charge in [-0.1, -0.05) is 12.8 Å². The van der Waals surface area contributed by atoms with Crippen LogP contribution >= 0.6 is 0 Å². The Labute approximate surface area is 95.7 Å².